The summed E-state index contributed by atoms with van der Waals surface area (Å²) in [6.07, 6.45) is -5.55. The molecule has 2 aromatic carbocycles. The lowest BCUT2D eigenvalue weighted by atomic mass is 10.0. The van der Waals surface area contributed by atoms with Crippen molar-refractivity contribution in [3.05, 3.63) is 89.2 Å². The SMILES string of the molecule is CC(C)(O)CNc1cc(C(F)(F)F)cnc1C(=N)O/C(N)=N/C1N=C(c2ccccc2)c2ccccc2NC1=O. The molecule has 0 saturated heterocycles. The molecule has 3 aromatic rings. The van der Waals surface area contributed by atoms with Gasteiger partial charge in [0.1, 0.15) is 5.69 Å². The summed E-state index contributed by atoms with van der Waals surface area (Å²) in [5, 5.41) is 23.7. The molecule has 0 bridgehead atoms. The molecule has 0 radical (unpaired) electrons. The molecule has 1 aliphatic heterocycles. The molecule has 1 aliphatic rings. The van der Waals surface area contributed by atoms with E-state index in [4.69, 9.17) is 15.9 Å². The van der Waals surface area contributed by atoms with Crippen LogP contribution in [0.15, 0.2) is 76.8 Å². The number of carbonyl (C=O) groups is 1. The highest BCUT2D eigenvalue weighted by Crippen LogP contribution is 2.31. The lowest BCUT2D eigenvalue weighted by molar-refractivity contribution is -0.137. The summed E-state index contributed by atoms with van der Waals surface area (Å²) in [7, 11) is 0. The van der Waals surface area contributed by atoms with Crippen molar-refractivity contribution in [2.75, 3.05) is 17.2 Å². The molecule has 208 valence electrons. The van der Waals surface area contributed by atoms with Crippen LogP contribution >= 0.6 is 0 Å². The Morgan fingerprint density at radius 3 is 2.52 bits per heavy atom. The highest BCUT2D eigenvalue weighted by atomic mass is 19.4. The smallest absolute Gasteiger partial charge is 0.405 e. The van der Waals surface area contributed by atoms with Gasteiger partial charge in [0.25, 0.3) is 11.9 Å². The maximum atomic E-state index is 13.3. The maximum absolute atomic E-state index is 13.3. The standard InChI is InChI=1S/C27H26F3N7O3/c1-26(2,39)14-34-19-12-16(27(28,29)30)13-33-21(19)22(31)40-25(32)37-23-24(38)35-18-11-7-6-10-17(18)20(36-23)15-8-4-3-5-9-15/h3-13,23,31,34,39H,14H2,1-2H3,(H2,32,37)(H,35,38). The minimum atomic E-state index is -4.70. The van der Waals surface area contributed by atoms with Crippen LogP contribution in [0.4, 0.5) is 24.5 Å². The van der Waals surface area contributed by atoms with Gasteiger partial charge in [0, 0.05) is 23.9 Å². The van der Waals surface area contributed by atoms with E-state index in [1.54, 1.807) is 24.3 Å². The lowest BCUT2D eigenvalue weighted by Crippen LogP contribution is -2.31. The van der Waals surface area contributed by atoms with Gasteiger partial charge in [-0.25, -0.2) is 9.98 Å². The first-order valence-electron chi connectivity index (χ1n) is 12.0. The number of ether oxygens (including phenoxy) is 1. The fourth-order valence-corrected chi connectivity index (χ4v) is 3.71. The van der Waals surface area contributed by atoms with E-state index in [9.17, 15) is 23.1 Å². The van der Waals surface area contributed by atoms with Gasteiger partial charge in [-0.15, -0.1) is 0 Å². The van der Waals surface area contributed by atoms with E-state index in [-0.39, 0.29) is 17.9 Å². The number of aliphatic hydroxyl groups is 1. The molecule has 1 amide bonds. The van der Waals surface area contributed by atoms with Crippen molar-refractivity contribution < 1.29 is 27.8 Å². The summed E-state index contributed by atoms with van der Waals surface area (Å²) in [5.41, 5.74) is 5.37. The average molecular weight is 554 g/mol. The maximum Gasteiger partial charge on any atom is 0.417 e. The van der Waals surface area contributed by atoms with Crippen molar-refractivity contribution in [2.45, 2.75) is 31.8 Å². The van der Waals surface area contributed by atoms with Gasteiger partial charge < -0.3 is 26.2 Å². The number of alkyl halides is 3. The second-order valence-electron chi connectivity index (χ2n) is 9.43. The first-order valence-corrected chi connectivity index (χ1v) is 12.0. The Morgan fingerprint density at radius 1 is 1.18 bits per heavy atom. The summed E-state index contributed by atoms with van der Waals surface area (Å²) >= 11 is 0. The van der Waals surface area contributed by atoms with Crippen molar-refractivity contribution in [2.24, 2.45) is 15.7 Å². The van der Waals surface area contributed by atoms with Crippen LogP contribution in [0.2, 0.25) is 0 Å². The Labute approximate surface area is 227 Å². The highest BCUT2D eigenvalue weighted by molar-refractivity contribution is 6.19. The first-order chi connectivity index (χ1) is 18.8. The molecule has 6 N–H and O–H groups in total. The minimum absolute atomic E-state index is 0.153. The number of amidine groups is 1. The first kappa shape index (κ1) is 28.2. The lowest BCUT2D eigenvalue weighted by Gasteiger charge is -2.20. The highest BCUT2D eigenvalue weighted by Gasteiger charge is 2.33. The number of benzene rings is 2. The van der Waals surface area contributed by atoms with Gasteiger partial charge in [0.2, 0.25) is 12.1 Å². The number of hydrogen-bond acceptors (Lipinski definition) is 8. The number of nitrogens with zero attached hydrogens (tertiary/aromatic N) is 3. The zero-order valence-electron chi connectivity index (χ0n) is 21.5. The number of anilines is 2. The molecule has 4 rings (SSSR count). The summed E-state index contributed by atoms with van der Waals surface area (Å²) in [5.74, 6) is -1.35. The number of fused-ring (bicyclic) bond motifs is 1. The minimum Gasteiger partial charge on any atom is -0.405 e. The van der Waals surface area contributed by atoms with Gasteiger partial charge in [0.15, 0.2) is 0 Å². The van der Waals surface area contributed by atoms with Crippen LogP contribution in [-0.4, -0.2) is 51.9 Å². The molecule has 0 saturated carbocycles. The van der Waals surface area contributed by atoms with Gasteiger partial charge >= 0.3 is 6.18 Å². The summed E-state index contributed by atoms with van der Waals surface area (Å²) in [4.78, 5) is 25.2. The number of nitrogens with one attached hydrogen (secondary N) is 3. The van der Waals surface area contributed by atoms with Gasteiger partial charge in [-0.3, -0.25) is 10.2 Å². The normalized spacial score (nSPS) is 15.8. The van der Waals surface area contributed by atoms with E-state index >= 15 is 0 Å². The quantitative estimate of drug-likeness (QED) is 0.231. The number of nitrogens with two attached hydrogens (primary N) is 1. The second kappa shape index (κ2) is 11.1. The van der Waals surface area contributed by atoms with E-state index in [1.165, 1.54) is 13.8 Å². The van der Waals surface area contributed by atoms with Crippen LogP contribution in [0.5, 0.6) is 0 Å². The van der Waals surface area contributed by atoms with E-state index in [0.29, 0.717) is 23.2 Å². The summed E-state index contributed by atoms with van der Waals surface area (Å²) < 4.78 is 45.1. The van der Waals surface area contributed by atoms with Gasteiger partial charge in [0.05, 0.1) is 28.3 Å². The topological polar surface area (TPSA) is 158 Å². The number of para-hydroxylation sites is 1. The van der Waals surface area contributed by atoms with Gasteiger partial charge in [-0.05, 0) is 26.0 Å². The third kappa shape index (κ3) is 6.80. The number of benzodiazepines with no additional fused rings is 1. The van der Waals surface area contributed by atoms with E-state index in [1.807, 2.05) is 30.3 Å². The molecular formula is C27H26F3N7O3. The van der Waals surface area contributed by atoms with E-state index in [0.717, 1.165) is 11.6 Å². The Bertz CT molecular complexity index is 1480. The molecule has 0 spiro atoms. The molecule has 1 unspecified atom stereocenters. The molecule has 10 nitrogen and oxygen atoms in total. The van der Waals surface area contributed by atoms with Gasteiger partial charge in [-0.2, -0.15) is 18.2 Å². The number of rotatable bonds is 6. The summed E-state index contributed by atoms with van der Waals surface area (Å²) in [6, 6.07) is 16.3. The number of hydrogen-bond donors (Lipinski definition) is 5. The zero-order chi connectivity index (χ0) is 29.1. The number of aliphatic imine (C=N–C) groups is 2. The molecular weight excluding hydrogens is 527 g/mol. The van der Waals surface area contributed by atoms with Crippen molar-refractivity contribution in [1.82, 2.24) is 4.98 Å². The number of aromatic nitrogens is 1. The third-order valence-corrected chi connectivity index (χ3v) is 5.57. The molecule has 1 atom stereocenters. The molecule has 1 aromatic heterocycles. The summed E-state index contributed by atoms with van der Waals surface area (Å²) in [6.45, 7) is 2.75. The molecule has 40 heavy (non-hydrogen) atoms. The van der Waals surface area contributed by atoms with Crippen LogP contribution in [-0.2, 0) is 15.7 Å². The number of halogens is 3. The Balaban J connectivity index is 1.64. The molecule has 0 aliphatic carbocycles. The number of carbonyl (C=O) groups excluding carboxylic acids is 1. The van der Waals surface area contributed by atoms with E-state index < -0.39 is 41.3 Å². The van der Waals surface area contributed by atoms with Crippen molar-refractivity contribution in [1.29, 1.82) is 5.41 Å². The fourth-order valence-electron chi connectivity index (χ4n) is 3.71. The number of pyridine rings is 1. The van der Waals surface area contributed by atoms with E-state index in [2.05, 4.69) is 25.6 Å². The van der Waals surface area contributed by atoms with Crippen LogP contribution in [0.25, 0.3) is 0 Å². The van der Waals surface area contributed by atoms with Crippen LogP contribution in [0, 0.1) is 5.41 Å². The molecule has 0 fully saturated rings. The fraction of sp³-hybridized carbons (Fsp3) is 0.222. The van der Waals surface area contributed by atoms with Gasteiger partial charge in [-0.1, -0.05) is 48.5 Å². The Morgan fingerprint density at radius 2 is 1.85 bits per heavy atom. The monoisotopic (exact) mass is 553 g/mol. The van der Waals surface area contributed by atoms with Crippen LogP contribution < -0.4 is 16.4 Å². The Kier molecular flexibility index (Phi) is 7.86. The Hall–Kier alpha value is -4.78. The molecule has 2 heterocycles. The largest absolute Gasteiger partial charge is 0.417 e. The zero-order valence-corrected chi connectivity index (χ0v) is 21.5. The predicted molar refractivity (Wildman–Crippen MR) is 145 cm³/mol. The molecule has 13 heteroatoms. The van der Waals surface area contributed by atoms with Crippen molar-refractivity contribution in [3.63, 3.8) is 0 Å². The van der Waals surface area contributed by atoms with Crippen LogP contribution in [0.1, 0.15) is 36.2 Å². The number of amides is 1. The third-order valence-electron chi connectivity index (χ3n) is 5.57. The predicted octanol–water partition coefficient (Wildman–Crippen LogP) is 3.76. The van der Waals surface area contributed by atoms with Crippen molar-refractivity contribution in [3.8, 4) is 0 Å². The average Bonchev–Trinajstić information content (AvgIpc) is 3.03. The second-order valence-corrected chi connectivity index (χ2v) is 9.43. The van der Waals surface area contributed by atoms with Crippen molar-refractivity contribution >= 4 is 34.9 Å². The van der Waals surface area contributed by atoms with Crippen LogP contribution in [0.3, 0.4) is 0 Å².